The number of aliphatic imine (C=N–C) groups is 1. The lowest BCUT2D eigenvalue weighted by Gasteiger charge is -2.31. The summed E-state index contributed by atoms with van der Waals surface area (Å²) >= 11 is 0. The monoisotopic (exact) mass is 238 g/mol. The highest BCUT2D eigenvalue weighted by Gasteiger charge is 2.20. The molecular formula is C13H26N4. The summed E-state index contributed by atoms with van der Waals surface area (Å²) in [5.41, 5.74) is 6.07. The topological polar surface area (TPSA) is 44.9 Å². The van der Waals surface area contributed by atoms with E-state index in [-0.39, 0.29) is 0 Å². The van der Waals surface area contributed by atoms with E-state index in [0.717, 1.165) is 31.5 Å². The predicted molar refractivity (Wildman–Crippen MR) is 72.1 cm³/mol. The molecule has 2 aliphatic heterocycles. The van der Waals surface area contributed by atoms with Crippen LogP contribution in [0.4, 0.5) is 0 Å². The molecule has 1 atom stereocenters. The number of guanidine groups is 1. The number of nitrogens with two attached hydrogens (primary N) is 1. The van der Waals surface area contributed by atoms with Crippen LogP contribution >= 0.6 is 0 Å². The fraction of sp³-hybridized carbons (Fsp3) is 0.923. The highest BCUT2D eigenvalue weighted by molar-refractivity contribution is 5.78. The van der Waals surface area contributed by atoms with Crippen LogP contribution in [0.1, 0.15) is 26.2 Å². The maximum atomic E-state index is 6.07. The van der Waals surface area contributed by atoms with Crippen molar-refractivity contribution in [3.63, 3.8) is 0 Å². The minimum atomic E-state index is 0.710. The summed E-state index contributed by atoms with van der Waals surface area (Å²) in [4.78, 5) is 9.21. The third-order valence-corrected chi connectivity index (χ3v) is 4.11. The van der Waals surface area contributed by atoms with E-state index in [1.54, 1.807) is 0 Å². The van der Waals surface area contributed by atoms with Gasteiger partial charge in [-0.15, -0.1) is 0 Å². The summed E-state index contributed by atoms with van der Waals surface area (Å²) < 4.78 is 0. The summed E-state index contributed by atoms with van der Waals surface area (Å²) in [5, 5.41) is 0. The van der Waals surface area contributed by atoms with Gasteiger partial charge in [0.15, 0.2) is 5.96 Å². The zero-order valence-corrected chi connectivity index (χ0v) is 11.2. The van der Waals surface area contributed by atoms with Crippen LogP contribution in [0.3, 0.4) is 0 Å². The molecule has 1 unspecified atom stereocenters. The van der Waals surface area contributed by atoms with Crippen LogP contribution < -0.4 is 5.73 Å². The van der Waals surface area contributed by atoms with E-state index < -0.39 is 0 Å². The SMILES string of the molecule is CC1CCN(C(N)=NCC2CCN(C)C2)CC1. The number of rotatable bonds is 2. The lowest BCUT2D eigenvalue weighted by atomic mass is 10.00. The van der Waals surface area contributed by atoms with Gasteiger partial charge in [-0.25, -0.2) is 0 Å². The minimum absolute atomic E-state index is 0.710. The Labute approximate surface area is 105 Å². The maximum Gasteiger partial charge on any atom is 0.191 e. The number of likely N-dealkylation sites (tertiary alicyclic amines) is 2. The van der Waals surface area contributed by atoms with E-state index in [9.17, 15) is 0 Å². The lowest BCUT2D eigenvalue weighted by molar-refractivity contribution is 0.277. The van der Waals surface area contributed by atoms with E-state index in [1.807, 2.05) is 0 Å². The van der Waals surface area contributed by atoms with E-state index >= 15 is 0 Å². The molecule has 0 aromatic carbocycles. The van der Waals surface area contributed by atoms with Gasteiger partial charge in [-0.1, -0.05) is 6.92 Å². The Hall–Kier alpha value is -0.770. The summed E-state index contributed by atoms with van der Waals surface area (Å²) in [6, 6.07) is 0. The Balaban J connectivity index is 1.76. The summed E-state index contributed by atoms with van der Waals surface area (Å²) in [5.74, 6) is 2.33. The molecule has 0 amide bonds. The van der Waals surface area contributed by atoms with Crippen molar-refractivity contribution >= 4 is 5.96 Å². The van der Waals surface area contributed by atoms with Crippen molar-refractivity contribution in [2.24, 2.45) is 22.6 Å². The second-order valence-corrected chi connectivity index (χ2v) is 5.79. The van der Waals surface area contributed by atoms with Gasteiger partial charge in [0.25, 0.3) is 0 Å². The molecule has 17 heavy (non-hydrogen) atoms. The fourth-order valence-corrected chi connectivity index (χ4v) is 2.74. The Morgan fingerprint density at radius 1 is 1.24 bits per heavy atom. The normalized spacial score (nSPS) is 28.9. The van der Waals surface area contributed by atoms with Crippen molar-refractivity contribution in [1.29, 1.82) is 0 Å². The molecule has 98 valence electrons. The van der Waals surface area contributed by atoms with E-state index in [1.165, 1.54) is 32.4 Å². The molecular weight excluding hydrogens is 212 g/mol. The molecule has 4 nitrogen and oxygen atoms in total. The largest absolute Gasteiger partial charge is 0.370 e. The number of hydrogen-bond acceptors (Lipinski definition) is 2. The van der Waals surface area contributed by atoms with E-state index in [0.29, 0.717) is 5.92 Å². The molecule has 2 N–H and O–H groups in total. The molecule has 0 aromatic heterocycles. The second-order valence-electron chi connectivity index (χ2n) is 5.79. The quantitative estimate of drug-likeness (QED) is 0.576. The van der Waals surface area contributed by atoms with Gasteiger partial charge in [0.05, 0.1) is 0 Å². The zero-order valence-electron chi connectivity index (χ0n) is 11.2. The molecule has 2 aliphatic rings. The highest BCUT2D eigenvalue weighted by atomic mass is 15.3. The Morgan fingerprint density at radius 3 is 2.53 bits per heavy atom. The third kappa shape index (κ3) is 3.60. The van der Waals surface area contributed by atoms with Gasteiger partial charge in [-0.2, -0.15) is 0 Å². The van der Waals surface area contributed by atoms with Gasteiger partial charge >= 0.3 is 0 Å². The standard InChI is InChI=1S/C13H26N4/c1-11-3-7-17(8-4-11)13(14)15-9-12-5-6-16(2)10-12/h11-12H,3-10H2,1-2H3,(H2,14,15). The molecule has 0 aliphatic carbocycles. The molecule has 0 aromatic rings. The van der Waals surface area contributed by atoms with Gasteiger partial charge in [0.1, 0.15) is 0 Å². The van der Waals surface area contributed by atoms with Crippen molar-refractivity contribution in [2.75, 3.05) is 39.8 Å². The van der Waals surface area contributed by atoms with Crippen LogP contribution in [-0.2, 0) is 0 Å². The summed E-state index contributed by atoms with van der Waals surface area (Å²) in [6.45, 7) is 7.78. The number of piperidine rings is 1. The smallest absolute Gasteiger partial charge is 0.191 e. The summed E-state index contributed by atoms with van der Waals surface area (Å²) in [6.07, 6.45) is 3.77. The lowest BCUT2D eigenvalue weighted by Crippen LogP contribution is -2.42. The minimum Gasteiger partial charge on any atom is -0.370 e. The van der Waals surface area contributed by atoms with Gasteiger partial charge in [0.2, 0.25) is 0 Å². The van der Waals surface area contributed by atoms with Crippen molar-refractivity contribution in [3.8, 4) is 0 Å². The van der Waals surface area contributed by atoms with Crippen LogP contribution in [-0.4, -0.2) is 55.5 Å². The van der Waals surface area contributed by atoms with Gasteiger partial charge in [-0.3, -0.25) is 4.99 Å². The molecule has 0 radical (unpaired) electrons. The van der Waals surface area contributed by atoms with Gasteiger partial charge < -0.3 is 15.5 Å². The third-order valence-electron chi connectivity index (χ3n) is 4.11. The number of hydrogen-bond donors (Lipinski definition) is 1. The first kappa shape index (κ1) is 12.7. The molecule has 2 saturated heterocycles. The Bertz CT molecular complexity index is 269. The molecule has 0 spiro atoms. The Kier molecular flexibility index (Phi) is 4.26. The van der Waals surface area contributed by atoms with Crippen LogP contribution in [0, 0.1) is 11.8 Å². The van der Waals surface area contributed by atoms with Crippen LogP contribution in [0.25, 0.3) is 0 Å². The van der Waals surface area contributed by atoms with Crippen molar-refractivity contribution in [2.45, 2.75) is 26.2 Å². The van der Waals surface area contributed by atoms with Crippen LogP contribution in [0.2, 0.25) is 0 Å². The van der Waals surface area contributed by atoms with Crippen LogP contribution in [0.5, 0.6) is 0 Å². The summed E-state index contributed by atoms with van der Waals surface area (Å²) in [7, 11) is 2.18. The predicted octanol–water partition coefficient (Wildman–Crippen LogP) is 0.985. The first-order valence-corrected chi connectivity index (χ1v) is 6.88. The highest BCUT2D eigenvalue weighted by Crippen LogP contribution is 2.17. The number of nitrogens with zero attached hydrogens (tertiary/aromatic N) is 3. The molecule has 2 rings (SSSR count). The second kappa shape index (κ2) is 5.71. The molecule has 4 heteroatoms. The molecule has 0 bridgehead atoms. The first-order chi connectivity index (χ1) is 8.15. The van der Waals surface area contributed by atoms with E-state index in [4.69, 9.17) is 5.73 Å². The average Bonchev–Trinajstić information content (AvgIpc) is 2.73. The fourth-order valence-electron chi connectivity index (χ4n) is 2.74. The zero-order chi connectivity index (χ0) is 12.3. The van der Waals surface area contributed by atoms with Crippen molar-refractivity contribution < 1.29 is 0 Å². The molecule has 2 fully saturated rings. The van der Waals surface area contributed by atoms with Gasteiger partial charge in [-0.05, 0) is 44.7 Å². The maximum absolute atomic E-state index is 6.07. The molecule has 2 heterocycles. The molecule has 0 saturated carbocycles. The average molecular weight is 238 g/mol. The van der Waals surface area contributed by atoms with Crippen molar-refractivity contribution in [3.05, 3.63) is 0 Å². The first-order valence-electron chi connectivity index (χ1n) is 6.88. The van der Waals surface area contributed by atoms with Gasteiger partial charge in [0, 0.05) is 26.2 Å². The van der Waals surface area contributed by atoms with Crippen LogP contribution in [0.15, 0.2) is 4.99 Å². The Morgan fingerprint density at radius 2 is 1.94 bits per heavy atom. The van der Waals surface area contributed by atoms with Crippen molar-refractivity contribution in [1.82, 2.24) is 9.80 Å². The van der Waals surface area contributed by atoms with E-state index in [2.05, 4.69) is 28.8 Å².